The third-order valence-corrected chi connectivity index (χ3v) is 6.64. The molecular formula is C30H33N3O4. The van der Waals surface area contributed by atoms with Crippen LogP contribution < -0.4 is 9.47 Å². The number of nitriles is 1. The Kier molecular flexibility index (Phi) is 9.14. The fourth-order valence-corrected chi connectivity index (χ4v) is 4.45. The second kappa shape index (κ2) is 12.9. The number of hydrogen-bond acceptors (Lipinski definition) is 6. The molecule has 1 aliphatic rings. The van der Waals surface area contributed by atoms with Crippen LogP contribution >= 0.6 is 0 Å². The average molecular weight is 500 g/mol. The van der Waals surface area contributed by atoms with Crippen LogP contribution in [0.5, 0.6) is 11.5 Å². The van der Waals surface area contributed by atoms with E-state index in [0.29, 0.717) is 38.2 Å². The number of nitrogens with zero attached hydrogens (tertiary/aromatic N) is 3. The Morgan fingerprint density at radius 1 is 0.892 bits per heavy atom. The van der Waals surface area contributed by atoms with Gasteiger partial charge in [0.25, 0.3) is 0 Å². The minimum absolute atomic E-state index is 0.134. The maximum atomic E-state index is 12.9. The first-order valence-corrected chi connectivity index (χ1v) is 12.5. The molecule has 4 rings (SSSR count). The Balaban J connectivity index is 1.36. The minimum atomic E-state index is -0.162. The SMILES string of the molecule is COc1cccc(CC(=O)N2CCN(C[C@H](OCc3ccc(C#N)cc3)c3cccc(OC)c3)CC2)c1. The molecule has 1 amide bonds. The summed E-state index contributed by atoms with van der Waals surface area (Å²) in [5, 5.41) is 9.05. The number of carbonyl (C=O) groups is 1. The molecule has 0 spiro atoms. The van der Waals surface area contributed by atoms with Crippen molar-refractivity contribution in [2.75, 3.05) is 46.9 Å². The normalized spacial score (nSPS) is 14.6. The number of piperazine rings is 1. The lowest BCUT2D eigenvalue weighted by Crippen LogP contribution is -2.50. The lowest BCUT2D eigenvalue weighted by Gasteiger charge is -2.36. The molecule has 192 valence electrons. The van der Waals surface area contributed by atoms with Gasteiger partial charge in [0.05, 0.1) is 45.0 Å². The van der Waals surface area contributed by atoms with Crippen LogP contribution in [0.1, 0.15) is 28.4 Å². The molecule has 0 unspecified atom stereocenters. The van der Waals surface area contributed by atoms with E-state index in [1.807, 2.05) is 59.5 Å². The van der Waals surface area contributed by atoms with E-state index in [0.717, 1.165) is 41.3 Å². The third kappa shape index (κ3) is 7.32. The molecule has 3 aromatic carbocycles. The fourth-order valence-electron chi connectivity index (χ4n) is 4.45. The third-order valence-electron chi connectivity index (χ3n) is 6.64. The number of rotatable bonds is 10. The number of carbonyl (C=O) groups excluding carboxylic acids is 1. The average Bonchev–Trinajstić information content (AvgIpc) is 2.96. The smallest absolute Gasteiger partial charge is 0.227 e. The second-order valence-corrected chi connectivity index (χ2v) is 9.09. The van der Waals surface area contributed by atoms with E-state index >= 15 is 0 Å². The summed E-state index contributed by atoms with van der Waals surface area (Å²) in [6, 6.07) is 25.2. The predicted octanol–water partition coefficient (Wildman–Crippen LogP) is 4.22. The van der Waals surface area contributed by atoms with Gasteiger partial charge in [-0.05, 0) is 53.1 Å². The molecule has 37 heavy (non-hydrogen) atoms. The van der Waals surface area contributed by atoms with Gasteiger partial charge in [-0.25, -0.2) is 0 Å². The monoisotopic (exact) mass is 499 g/mol. The van der Waals surface area contributed by atoms with Crippen molar-refractivity contribution in [3.8, 4) is 17.6 Å². The molecule has 0 N–H and O–H groups in total. The zero-order valence-corrected chi connectivity index (χ0v) is 21.4. The van der Waals surface area contributed by atoms with Crippen LogP contribution in [-0.4, -0.2) is 62.7 Å². The first kappa shape index (κ1) is 26.2. The van der Waals surface area contributed by atoms with Gasteiger partial charge in [-0.3, -0.25) is 9.69 Å². The molecular weight excluding hydrogens is 466 g/mol. The lowest BCUT2D eigenvalue weighted by atomic mass is 10.1. The standard InChI is InChI=1S/C30H33N3O4/c1-35-27-7-3-5-25(17-27)18-30(34)33-15-13-32(14-16-33)21-29(26-6-4-8-28(19-26)36-2)37-22-24-11-9-23(20-31)10-12-24/h3-12,17,19,29H,13-16,18,21-22H2,1-2H3/t29-/m0/s1. The van der Waals surface area contributed by atoms with Crippen molar-refractivity contribution in [2.45, 2.75) is 19.1 Å². The van der Waals surface area contributed by atoms with Crippen LogP contribution in [0.15, 0.2) is 72.8 Å². The van der Waals surface area contributed by atoms with Crippen molar-refractivity contribution in [1.82, 2.24) is 9.80 Å². The highest BCUT2D eigenvalue weighted by molar-refractivity contribution is 5.79. The molecule has 1 atom stereocenters. The minimum Gasteiger partial charge on any atom is -0.497 e. The Hall–Kier alpha value is -3.86. The van der Waals surface area contributed by atoms with Gasteiger partial charge in [-0.1, -0.05) is 36.4 Å². The number of ether oxygens (including phenoxy) is 3. The highest BCUT2D eigenvalue weighted by Crippen LogP contribution is 2.25. The molecule has 0 aromatic heterocycles. The molecule has 0 bridgehead atoms. The second-order valence-electron chi connectivity index (χ2n) is 9.09. The Morgan fingerprint density at radius 3 is 2.24 bits per heavy atom. The van der Waals surface area contributed by atoms with Gasteiger partial charge < -0.3 is 19.1 Å². The Bertz CT molecular complexity index is 1210. The molecule has 7 heteroatoms. The maximum Gasteiger partial charge on any atom is 0.227 e. The Morgan fingerprint density at radius 2 is 1.57 bits per heavy atom. The van der Waals surface area contributed by atoms with E-state index in [-0.39, 0.29) is 12.0 Å². The van der Waals surface area contributed by atoms with Gasteiger partial charge in [0.15, 0.2) is 0 Å². The van der Waals surface area contributed by atoms with E-state index in [4.69, 9.17) is 19.5 Å². The molecule has 7 nitrogen and oxygen atoms in total. The van der Waals surface area contributed by atoms with E-state index in [2.05, 4.69) is 17.0 Å². The van der Waals surface area contributed by atoms with Crippen molar-refractivity contribution in [1.29, 1.82) is 5.26 Å². The maximum absolute atomic E-state index is 12.9. The first-order chi connectivity index (χ1) is 18.1. The molecule has 1 saturated heterocycles. The number of amides is 1. The van der Waals surface area contributed by atoms with Crippen LogP contribution in [0.2, 0.25) is 0 Å². The molecule has 3 aromatic rings. The van der Waals surface area contributed by atoms with Crippen molar-refractivity contribution in [3.63, 3.8) is 0 Å². The van der Waals surface area contributed by atoms with E-state index in [1.165, 1.54) is 0 Å². The van der Waals surface area contributed by atoms with Crippen molar-refractivity contribution >= 4 is 5.91 Å². The first-order valence-electron chi connectivity index (χ1n) is 12.5. The summed E-state index contributed by atoms with van der Waals surface area (Å²) in [4.78, 5) is 17.2. The highest BCUT2D eigenvalue weighted by Gasteiger charge is 2.24. The van der Waals surface area contributed by atoms with E-state index < -0.39 is 0 Å². The molecule has 0 aliphatic carbocycles. The van der Waals surface area contributed by atoms with Crippen LogP contribution in [0.25, 0.3) is 0 Å². The highest BCUT2D eigenvalue weighted by atomic mass is 16.5. The largest absolute Gasteiger partial charge is 0.497 e. The molecule has 0 saturated carbocycles. The van der Waals surface area contributed by atoms with E-state index in [1.54, 1.807) is 26.4 Å². The fraction of sp³-hybridized carbons (Fsp3) is 0.333. The van der Waals surface area contributed by atoms with Crippen molar-refractivity contribution in [3.05, 3.63) is 95.1 Å². The summed E-state index contributed by atoms with van der Waals surface area (Å²) in [6.07, 6.45) is 0.210. The predicted molar refractivity (Wildman–Crippen MR) is 141 cm³/mol. The molecule has 1 heterocycles. The van der Waals surface area contributed by atoms with Crippen LogP contribution in [0.4, 0.5) is 0 Å². The summed E-state index contributed by atoms with van der Waals surface area (Å²) in [5.41, 5.74) is 3.65. The quantitative estimate of drug-likeness (QED) is 0.416. The summed E-state index contributed by atoms with van der Waals surface area (Å²) in [6.45, 7) is 4.08. The summed E-state index contributed by atoms with van der Waals surface area (Å²) in [5.74, 6) is 1.69. The van der Waals surface area contributed by atoms with Gasteiger partial charge in [-0.2, -0.15) is 5.26 Å². The number of methoxy groups -OCH3 is 2. The zero-order valence-electron chi connectivity index (χ0n) is 21.4. The number of benzene rings is 3. The van der Waals surface area contributed by atoms with Gasteiger partial charge in [0, 0.05) is 32.7 Å². The van der Waals surface area contributed by atoms with Gasteiger partial charge in [0.2, 0.25) is 5.91 Å². The van der Waals surface area contributed by atoms with Crippen molar-refractivity contribution < 1.29 is 19.0 Å². The lowest BCUT2D eigenvalue weighted by molar-refractivity contribution is -0.132. The zero-order chi connectivity index (χ0) is 26.0. The summed E-state index contributed by atoms with van der Waals surface area (Å²) < 4.78 is 17.1. The van der Waals surface area contributed by atoms with Gasteiger partial charge in [-0.15, -0.1) is 0 Å². The van der Waals surface area contributed by atoms with Gasteiger partial charge in [0.1, 0.15) is 11.5 Å². The van der Waals surface area contributed by atoms with E-state index in [9.17, 15) is 4.79 Å². The van der Waals surface area contributed by atoms with Crippen LogP contribution in [-0.2, 0) is 22.6 Å². The van der Waals surface area contributed by atoms with Crippen LogP contribution in [0.3, 0.4) is 0 Å². The molecule has 1 fully saturated rings. The number of hydrogen-bond donors (Lipinski definition) is 0. The topological polar surface area (TPSA) is 75.0 Å². The van der Waals surface area contributed by atoms with Crippen molar-refractivity contribution in [2.24, 2.45) is 0 Å². The summed E-state index contributed by atoms with van der Waals surface area (Å²) >= 11 is 0. The summed E-state index contributed by atoms with van der Waals surface area (Å²) in [7, 11) is 3.29. The Labute approximate surface area is 218 Å². The van der Waals surface area contributed by atoms with Crippen LogP contribution in [0, 0.1) is 11.3 Å². The molecule has 1 aliphatic heterocycles. The molecule has 0 radical (unpaired) electrons. The van der Waals surface area contributed by atoms with Gasteiger partial charge >= 0.3 is 0 Å².